The largest absolute Gasteiger partial charge is 0.338 e. The molecule has 144 valence electrons. The third-order valence-electron chi connectivity index (χ3n) is 4.46. The number of benzene rings is 3. The molecule has 8 heteroatoms. The standard InChI is InChI=1S/C21H16N4O3S/c1-29-19-11-10-13(12-18(19)25(27)28)21(26)24-15-7-3-2-6-14(15)20-22-16-8-4-5-9-17(16)23-20/h2-12H,1H3,(H,22,23)(H,24,26). The predicted molar refractivity (Wildman–Crippen MR) is 114 cm³/mol. The van der Waals surface area contributed by atoms with Gasteiger partial charge in [0.2, 0.25) is 0 Å². The van der Waals surface area contributed by atoms with Crippen molar-refractivity contribution < 1.29 is 9.72 Å². The quantitative estimate of drug-likeness (QED) is 0.273. The van der Waals surface area contributed by atoms with Gasteiger partial charge in [0, 0.05) is 17.2 Å². The van der Waals surface area contributed by atoms with E-state index in [-0.39, 0.29) is 11.3 Å². The van der Waals surface area contributed by atoms with Gasteiger partial charge in [-0.05, 0) is 42.7 Å². The van der Waals surface area contributed by atoms with Crippen LogP contribution in [0.3, 0.4) is 0 Å². The number of para-hydroxylation sites is 3. The van der Waals surface area contributed by atoms with Gasteiger partial charge in [0.25, 0.3) is 11.6 Å². The Hall–Kier alpha value is -3.65. The van der Waals surface area contributed by atoms with Crippen LogP contribution in [0.4, 0.5) is 11.4 Å². The first kappa shape index (κ1) is 18.7. The molecule has 3 aromatic carbocycles. The van der Waals surface area contributed by atoms with Crippen molar-refractivity contribution in [3.05, 3.63) is 82.4 Å². The molecule has 4 rings (SSSR count). The monoisotopic (exact) mass is 404 g/mol. The highest BCUT2D eigenvalue weighted by Crippen LogP contribution is 2.30. The molecule has 0 aliphatic rings. The van der Waals surface area contributed by atoms with Crippen LogP contribution in [0.15, 0.2) is 71.6 Å². The molecular formula is C21H16N4O3S. The fourth-order valence-electron chi connectivity index (χ4n) is 3.05. The number of H-pyrrole nitrogens is 1. The number of carbonyl (C=O) groups is 1. The molecule has 1 aromatic heterocycles. The summed E-state index contributed by atoms with van der Waals surface area (Å²) in [6.45, 7) is 0. The molecule has 29 heavy (non-hydrogen) atoms. The lowest BCUT2D eigenvalue weighted by molar-refractivity contribution is -0.387. The summed E-state index contributed by atoms with van der Waals surface area (Å²) in [6.07, 6.45) is 1.76. The van der Waals surface area contributed by atoms with E-state index >= 15 is 0 Å². The molecule has 1 amide bonds. The van der Waals surface area contributed by atoms with Crippen molar-refractivity contribution in [1.82, 2.24) is 9.97 Å². The van der Waals surface area contributed by atoms with Crippen molar-refractivity contribution in [2.75, 3.05) is 11.6 Å². The number of thioether (sulfide) groups is 1. The van der Waals surface area contributed by atoms with Crippen molar-refractivity contribution >= 4 is 40.1 Å². The van der Waals surface area contributed by atoms with E-state index in [4.69, 9.17) is 0 Å². The molecule has 7 nitrogen and oxygen atoms in total. The van der Waals surface area contributed by atoms with Crippen LogP contribution < -0.4 is 5.32 Å². The van der Waals surface area contributed by atoms with E-state index in [9.17, 15) is 14.9 Å². The second-order valence-electron chi connectivity index (χ2n) is 6.25. The lowest BCUT2D eigenvalue weighted by Gasteiger charge is -2.10. The number of carbonyl (C=O) groups excluding carboxylic acids is 1. The Balaban J connectivity index is 1.68. The first-order valence-electron chi connectivity index (χ1n) is 8.75. The summed E-state index contributed by atoms with van der Waals surface area (Å²) in [7, 11) is 0. The molecule has 0 fully saturated rings. The Morgan fingerprint density at radius 3 is 2.62 bits per heavy atom. The number of nitro benzene ring substituents is 1. The van der Waals surface area contributed by atoms with E-state index in [1.165, 1.54) is 17.8 Å². The van der Waals surface area contributed by atoms with Crippen molar-refractivity contribution in [3.63, 3.8) is 0 Å². The fraction of sp³-hybridized carbons (Fsp3) is 0.0476. The Morgan fingerprint density at radius 1 is 1.10 bits per heavy atom. The summed E-state index contributed by atoms with van der Waals surface area (Å²) in [4.78, 5) is 31.9. The van der Waals surface area contributed by atoms with E-state index in [0.29, 0.717) is 16.4 Å². The zero-order valence-electron chi connectivity index (χ0n) is 15.4. The summed E-state index contributed by atoms with van der Waals surface area (Å²) >= 11 is 1.26. The number of fused-ring (bicyclic) bond motifs is 1. The average Bonchev–Trinajstić information content (AvgIpc) is 3.17. The second kappa shape index (κ2) is 7.76. The first-order chi connectivity index (χ1) is 14.1. The van der Waals surface area contributed by atoms with Gasteiger partial charge in [-0.2, -0.15) is 0 Å². The van der Waals surface area contributed by atoms with E-state index in [1.54, 1.807) is 30.5 Å². The van der Waals surface area contributed by atoms with Crippen molar-refractivity contribution in [1.29, 1.82) is 0 Å². The smallest absolute Gasteiger partial charge is 0.283 e. The SMILES string of the molecule is CSc1ccc(C(=O)Nc2ccccc2-c2nc3ccccc3[nH]2)cc1[N+](=O)[O-]. The van der Waals surface area contributed by atoms with Gasteiger partial charge < -0.3 is 10.3 Å². The van der Waals surface area contributed by atoms with Crippen LogP contribution in [0, 0.1) is 10.1 Å². The van der Waals surface area contributed by atoms with E-state index in [2.05, 4.69) is 15.3 Å². The topological polar surface area (TPSA) is 101 Å². The van der Waals surface area contributed by atoms with Crippen LogP contribution in [0.5, 0.6) is 0 Å². The lowest BCUT2D eigenvalue weighted by atomic mass is 10.1. The molecule has 0 bridgehead atoms. The zero-order chi connectivity index (χ0) is 20.4. The molecule has 0 saturated heterocycles. The molecule has 0 saturated carbocycles. The zero-order valence-corrected chi connectivity index (χ0v) is 16.2. The van der Waals surface area contributed by atoms with Crippen LogP contribution in [0.25, 0.3) is 22.4 Å². The molecule has 0 spiro atoms. The average molecular weight is 404 g/mol. The molecule has 0 unspecified atom stereocenters. The van der Waals surface area contributed by atoms with Gasteiger partial charge in [-0.25, -0.2) is 4.98 Å². The van der Waals surface area contributed by atoms with Gasteiger partial charge in [-0.3, -0.25) is 14.9 Å². The number of nitrogens with zero attached hydrogens (tertiary/aromatic N) is 2. The lowest BCUT2D eigenvalue weighted by Crippen LogP contribution is -2.13. The Morgan fingerprint density at radius 2 is 1.86 bits per heavy atom. The number of hydrogen-bond acceptors (Lipinski definition) is 5. The maximum absolute atomic E-state index is 12.8. The normalized spacial score (nSPS) is 10.8. The molecule has 4 aromatic rings. The van der Waals surface area contributed by atoms with Crippen LogP contribution in [-0.2, 0) is 0 Å². The van der Waals surface area contributed by atoms with Gasteiger partial charge in [0.1, 0.15) is 5.82 Å². The van der Waals surface area contributed by atoms with E-state index in [0.717, 1.165) is 16.6 Å². The Bertz CT molecular complexity index is 1200. The number of aromatic amines is 1. The maximum Gasteiger partial charge on any atom is 0.283 e. The molecule has 0 aliphatic carbocycles. The molecule has 0 atom stereocenters. The Kier molecular flexibility index (Phi) is 5.01. The van der Waals surface area contributed by atoms with Gasteiger partial charge in [-0.1, -0.05) is 24.3 Å². The predicted octanol–water partition coefficient (Wildman–Crippen LogP) is 5.11. The summed E-state index contributed by atoms with van der Waals surface area (Å²) < 4.78 is 0. The van der Waals surface area contributed by atoms with Crippen molar-refractivity contribution in [2.45, 2.75) is 4.90 Å². The summed E-state index contributed by atoms with van der Waals surface area (Å²) in [5.74, 6) is 0.204. The minimum Gasteiger partial charge on any atom is -0.338 e. The number of aromatic nitrogens is 2. The van der Waals surface area contributed by atoms with Gasteiger partial charge >= 0.3 is 0 Å². The van der Waals surface area contributed by atoms with Crippen LogP contribution in [-0.4, -0.2) is 27.1 Å². The highest BCUT2D eigenvalue weighted by molar-refractivity contribution is 7.98. The van der Waals surface area contributed by atoms with Crippen LogP contribution in [0.1, 0.15) is 10.4 Å². The summed E-state index contributed by atoms with van der Waals surface area (Å²) in [5, 5.41) is 14.1. The fourth-order valence-corrected chi connectivity index (χ4v) is 3.59. The third-order valence-corrected chi connectivity index (χ3v) is 5.24. The summed E-state index contributed by atoms with van der Waals surface area (Å²) in [6, 6.07) is 19.4. The molecule has 0 aliphatic heterocycles. The van der Waals surface area contributed by atoms with Crippen molar-refractivity contribution in [3.8, 4) is 11.4 Å². The minimum absolute atomic E-state index is 0.0873. The second-order valence-corrected chi connectivity index (χ2v) is 7.09. The number of nitrogens with one attached hydrogen (secondary N) is 2. The number of hydrogen-bond donors (Lipinski definition) is 2. The van der Waals surface area contributed by atoms with E-state index < -0.39 is 10.8 Å². The van der Waals surface area contributed by atoms with Crippen molar-refractivity contribution in [2.24, 2.45) is 0 Å². The van der Waals surface area contributed by atoms with Crippen LogP contribution >= 0.6 is 11.8 Å². The Labute approximate surface area is 170 Å². The van der Waals surface area contributed by atoms with Gasteiger partial charge in [-0.15, -0.1) is 11.8 Å². The number of anilines is 1. The number of imidazole rings is 1. The van der Waals surface area contributed by atoms with Gasteiger partial charge in [0.05, 0.1) is 26.5 Å². The number of amides is 1. The number of nitro groups is 1. The molecular weight excluding hydrogens is 388 g/mol. The highest BCUT2D eigenvalue weighted by atomic mass is 32.2. The highest BCUT2D eigenvalue weighted by Gasteiger charge is 2.18. The molecule has 0 radical (unpaired) electrons. The van der Waals surface area contributed by atoms with Crippen LogP contribution in [0.2, 0.25) is 0 Å². The summed E-state index contributed by atoms with van der Waals surface area (Å²) in [5.41, 5.74) is 3.14. The molecule has 1 heterocycles. The minimum atomic E-state index is -0.481. The van der Waals surface area contributed by atoms with E-state index in [1.807, 2.05) is 36.4 Å². The molecule has 2 N–H and O–H groups in total. The maximum atomic E-state index is 12.8. The first-order valence-corrected chi connectivity index (χ1v) is 9.97. The number of rotatable bonds is 5. The third kappa shape index (κ3) is 3.70. The van der Waals surface area contributed by atoms with Gasteiger partial charge in [0.15, 0.2) is 0 Å².